The summed E-state index contributed by atoms with van der Waals surface area (Å²) in [5.74, 6) is 0. The summed E-state index contributed by atoms with van der Waals surface area (Å²) < 4.78 is 67.9. The molecular weight excluding hydrogens is 1840 g/mol. The molecule has 16 aromatic carbocycles. The molecular formula is C88H64Cl4O8P4Pt2. The van der Waals surface area contributed by atoms with Crippen LogP contribution in [0, 0.1) is 20.5 Å². The fourth-order valence-corrected chi connectivity index (χ4v) is 23.1. The first-order valence-electron chi connectivity index (χ1n) is 32.9. The van der Waals surface area contributed by atoms with E-state index < -0.39 is 52.2 Å². The van der Waals surface area contributed by atoms with E-state index in [-0.39, 0.29) is 0 Å². The molecule has 0 radical (unpaired) electrons. The molecule has 0 saturated heterocycles. The second kappa shape index (κ2) is 39.0. The van der Waals surface area contributed by atoms with E-state index in [2.05, 4.69) is 407 Å². The van der Waals surface area contributed by atoms with Gasteiger partial charge in [-0.3, -0.25) is 0 Å². The van der Waals surface area contributed by atoms with Crippen LogP contribution >= 0.6 is 50.5 Å². The molecule has 0 bridgehead atoms. The molecule has 16 aromatic rings. The molecule has 0 spiro atoms. The molecule has 0 atom stereocenters. The number of hydrogen-bond donors (Lipinski definition) is 0. The Labute approximate surface area is 657 Å². The first kappa shape index (κ1) is 79.5. The third kappa shape index (κ3) is 20.2. The van der Waals surface area contributed by atoms with Gasteiger partial charge in [0.2, 0.25) is 0 Å². The Morgan fingerprint density at radius 1 is 0.170 bits per heavy atom. The molecule has 0 heterocycles. The van der Waals surface area contributed by atoms with Gasteiger partial charge in [0.05, 0.1) is 0 Å². The molecule has 0 aliphatic carbocycles. The summed E-state index contributed by atoms with van der Waals surface area (Å²) in [4.78, 5) is 0. The van der Waals surface area contributed by atoms with Crippen molar-refractivity contribution < 1.29 is 95.3 Å². The fraction of sp³-hybridized carbons (Fsp3) is 0. The average molecular weight is 1910 g/mol. The largest absolute Gasteiger partial charge is 0.222 e. The molecule has 0 saturated carbocycles. The molecule has 0 fully saturated rings. The SMILES string of the molecule is [Cl][Pt+].[Cl][Pt+].[O-][Cl+3]([O-])([O-])[O-].[O-][Cl+3]([O-])([O-])[O-].c1ccc(P(c2ccccc2)c2ccc3ccccc3c2-c2c(P(c3ccccc3)c3ccccc3)ccc3ccccc23)cc1.c1ccc(P(c2ccccc2)c2ccc3ccccc3c2-c2c(P(c3ccccc3)c3ccccc3)ccc3ccccc23)cc1. The summed E-state index contributed by atoms with van der Waals surface area (Å²) in [6.45, 7) is 0. The van der Waals surface area contributed by atoms with Crippen molar-refractivity contribution in [2.24, 2.45) is 0 Å². The number of fused-ring (bicyclic) bond motifs is 4. The minimum Gasteiger partial charge on any atom is -0.222 e. The van der Waals surface area contributed by atoms with Crippen LogP contribution in [0.2, 0.25) is 0 Å². The van der Waals surface area contributed by atoms with Gasteiger partial charge in [-0.05, 0) is 161 Å². The summed E-state index contributed by atoms with van der Waals surface area (Å²) >= 11 is 3.22. The van der Waals surface area contributed by atoms with Crippen LogP contribution in [0.1, 0.15) is 0 Å². The zero-order valence-electron chi connectivity index (χ0n) is 56.1. The van der Waals surface area contributed by atoms with Gasteiger partial charge in [-0.25, -0.2) is 37.3 Å². The molecule has 106 heavy (non-hydrogen) atoms. The molecule has 0 aliphatic rings. The van der Waals surface area contributed by atoms with Gasteiger partial charge in [-0.2, -0.15) is 0 Å². The third-order valence-electron chi connectivity index (χ3n) is 17.2. The molecule has 0 aliphatic heterocycles. The van der Waals surface area contributed by atoms with Gasteiger partial charge in [0.25, 0.3) is 0 Å². The minimum atomic E-state index is -4.94. The van der Waals surface area contributed by atoms with Crippen LogP contribution in [0.25, 0.3) is 65.3 Å². The Balaban J connectivity index is 0.000000180. The van der Waals surface area contributed by atoms with Gasteiger partial charge in [-0.1, -0.05) is 388 Å². The Bertz CT molecular complexity index is 4610. The number of rotatable bonds is 14. The maximum atomic E-state index is 8.49. The van der Waals surface area contributed by atoms with Crippen molar-refractivity contribution in [2.45, 2.75) is 0 Å². The molecule has 0 unspecified atom stereocenters. The van der Waals surface area contributed by atoms with E-state index in [9.17, 15) is 0 Å². The van der Waals surface area contributed by atoms with Crippen LogP contribution in [-0.2, 0) is 37.5 Å². The van der Waals surface area contributed by atoms with Gasteiger partial charge in [-0.15, -0.1) is 20.5 Å². The Morgan fingerprint density at radius 3 is 0.434 bits per heavy atom. The fourth-order valence-electron chi connectivity index (χ4n) is 13.2. The zero-order valence-corrected chi connectivity index (χ0v) is 67.3. The monoisotopic (exact) mass is 1900 g/mol. The van der Waals surface area contributed by atoms with Crippen molar-refractivity contribution in [1.29, 1.82) is 0 Å². The molecule has 0 N–H and O–H groups in total. The van der Waals surface area contributed by atoms with Gasteiger partial charge < -0.3 is 0 Å². The van der Waals surface area contributed by atoms with E-state index in [0.717, 1.165) is 0 Å². The quantitative estimate of drug-likeness (QED) is 0.0963. The summed E-state index contributed by atoms with van der Waals surface area (Å²) in [6, 6.07) is 144. The Kier molecular flexibility index (Phi) is 29.3. The predicted octanol–water partition coefficient (Wildman–Crippen LogP) is 10.2. The average Bonchev–Trinajstić information content (AvgIpc) is 0.738. The smallest absolute Gasteiger partial charge is 0.000884 e. The zero-order chi connectivity index (χ0) is 74.4. The van der Waals surface area contributed by atoms with Gasteiger partial charge in [0, 0.05) is 0 Å². The molecule has 18 heteroatoms. The van der Waals surface area contributed by atoms with Crippen LogP contribution in [0.5, 0.6) is 0 Å². The topological polar surface area (TPSA) is 184 Å². The van der Waals surface area contributed by atoms with Crippen molar-refractivity contribution in [1.82, 2.24) is 0 Å². The molecule has 0 amide bonds. The Hall–Kier alpha value is -7.50. The second-order valence-electron chi connectivity index (χ2n) is 23.5. The normalized spacial score (nSPS) is 11.2. The summed E-state index contributed by atoms with van der Waals surface area (Å²) in [7, 11) is -4.07. The van der Waals surface area contributed by atoms with Crippen LogP contribution in [-0.4, -0.2) is 0 Å². The predicted molar refractivity (Wildman–Crippen MR) is 420 cm³/mol. The van der Waals surface area contributed by atoms with E-state index in [0.29, 0.717) is 0 Å². The van der Waals surface area contributed by atoms with Crippen LogP contribution in [0.15, 0.2) is 388 Å². The van der Waals surface area contributed by atoms with Gasteiger partial charge in [0.15, 0.2) is 0 Å². The van der Waals surface area contributed by atoms with E-state index in [1.165, 1.54) is 129 Å². The molecule has 532 valence electrons. The standard InChI is InChI=1S/2C44H32P2.2ClHO4.2ClH.2Pt/c2*1-5-19-35(20-6-1)45(36-21-7-2-8-22-36)41-31-29-33-17-13-15-27-39(33)43(41)44-40-28-16-14-18-34(40)30-32-42(44)46(37-23-9-3-10-24-37)38-25-11-4-12-26-38;2*2-1(3,4)5;;;;/h2*1-32H;2*(H,2,3,4,5);2*1H;;/q;;;;;;2*+2/p-4. The van der Waals surface area contributed by atoms with Crippen LogP contribution in [0.4, 0.5) is 0 Å². The van der Waals surface area contributed by atoms with E-state index in [4.69, 9.17) is 37.3 Å². The van der Waals surface area contributed by atoms with E-state index >= 15 is 0 Å². The van der Waals surface area contributed by atoms with E-state index in [1.54, 1.807) is 37.5 Å². The molecule has 0 aromatic heterocycles. The van der Waals surface area contributed by atoms with E-state index in [1.807, 2.05) is 0 Å². The first-order chi connectivity index (χ1) is 51.7. The van der Waals surface area contributed by atoms with Crippen molar-refractivity contribution in [2.75, 3.05) is 0 Å². The van der Waals surface area contributed by atoms with Crippen molar-refractivity contribution >= 4 is 157 Å². The first-order valence-corrected chi connectivity index (χ1v) is 46.4. The van der Waals surface area contributed by atoms with Crippen molar-refractivity contribution in [3.8, 4) is 22.3 Å². The number of halogens is 4. The molecule has 8 nitrogen and oxygen atoms in total. The number of benzene rings is 16. The maximum absolute atomic E-state index is 8.49. The summed E-state index contributed by atoms with van der Waals surface area (Å²) in [5.41, 5.74) is 5.40. The van der Waals surface area contributed by atoms with Gasteiger partial charge in [0.1, 0.15) is 0 Å². The van der Waals surface area contributed by atoms with Gasteiger partial charge >= 0.3 is 56.4 Å². The second-order valence-corrected chi connectivity index (χ2v) is 33.8. The Morgan fingerprint density at radius 2 is 0.292 bits per heavy atom. The third-order valence-corrected chi connectivity index (χ3v) is 27.1. The minimum absolute atomic E-state index is 0.852. The maximum Gasteiger partial charge on any atom is -0.000884 e. The van der Waals surface area contributed by atoms with Crippen molar-refractivity contribution in [3.05, 3.63) is 388 Å². The van der Waals surface area contributed by atoms with Crippen LogP contribution in [0.3, 0.4) is 0 Å². The van der Waals surface area contributed by atoms with Crippen LogP contribution < -0.4 is 101 Å². The molecule has 16 rings (SSSR count). The number of hydrogen-bond acceptors (Lipinski definition) is 8. The van der Waals surface area contributed by atoms with Crippen molar-refractivity contribution in [3.63, 3.8) is 0 Å². The summed E-state index contributed by atoms with van der Waals surface area (Å²) in [6.07, 6.45) is 0. The summed E-state index contributed by atoms with van der Waals surface area (Å²) in [5, 5.41) is 26.7.